The minimum atomic E-state index is -0.0648. The van der Waals surface area contributed by atoms with Gasteiger partial charge in [-0.2, -0.15) is 12.1 Å². The average molecular weight is 1100 g/mol. The molecule has 0 saturated carbocycles. The molecule has 70 heavy (non-hydrogen) atoms. The molecule has 1 aliphatic heterocycles. The summed E-state index contributed by atoms with van der Waals surface area (Å²) in [5.74, 6) is 2.00. The van der Waals surface area contributed by atoms with Gasteiger partial charge in [0, 0.05) is 41.4 Å². The van der Waals surface area contributed by atoms with Gasteiger partial charge in [0.1, 0.15) is 11.5 Å². The molecule has 0 atom stereocenters. The zero-order valence-corrected chi connectivity index (χ0v) is 44.8. The van der Waals surface area contributed by atoms with Gasteiger partial charge < -0.3 is 9.30 Å². The first-order chi connectivity index (χ1) is 32.7. The van der Waals surface area contributed by atoms with Gasteiger partial charge in [-0.25, -0.2) is 4.98 Å². The molecule has 9 aromatic rings. The van der Waals surface area contributed by atoms with Crippen molar-refractivity contribution in [2.75, 3.05) is 0 Å². The van der Waals surface area contributed by atoms with Crippen LogP contribution < -0.4 is 13.9 Å². The predicted octanol–water partition coefficient (Wildman–Crippen LogP) is 16.9. The maximum absolute atomic E-state index is 6.78. The maximum atomic E-state index is 6.78. The van der Waals surface area contributed by atoms with Crippen LogP contribution in [0.4, 0.5) is 22.7 Å². The molecule has 5 nitrogen and oxygen atoms in total. The summed E-state index contributed by atoms with van der Waals surface area (Å²) < 4.78 is 13.4. The summed E-state index contributed by atoms with van der Waals surface area (Å²) in [6.07, 6.45) is 1.91. The van der Waals surface area contributed by atoms with Crippen LogP contribution in [0.1, 0.15) is 105 Å². The Morgan fingerprint density at radius 2 is 1.13 bits per heavy atom. The summed E-state index contributed by atoms with van der Waals surface area (Å²) in [4.78, 5) is 4.97. The molecule has 0 bridgehead atoms. The van der Waals surface area contributed by atoms with Crippen LogP contribution in [0.5, 0.6) is 11.5 Å². The Morgan fingerprint density at radius 1 is 0.500 bits per heavy atom. The number of nitrogens with zero attached hydrogens (tertiary/aromatic N) is 4. The van der Waals surface area contributed by atoms with E-state index in [0.717, 1.165) is 72.6 Å². The number of rotatable bonds is 7. The van der Waals surface area contributed by atoms with Crippen LogP contribution in [0.2, 0.25) is 0 Å². The van der Waals surface area contributed by atoms with Crippen LogP contribution in [0.15, 0.2) is 158 Å². The molecular weight excluding hydrogens is 1040 g/mol. The van der Waals surface area contributed by atoms with Crippen molar-refractivity contribution in [2.24, 2.45) is 0 Å². The standard InChI is InChI=1S/C64H62N4O.Pt/c1-61(2,3)45-22-16-21-44(33-45)53-25-18-26-56-60(53)67(50-36-47(63(7,8)9)35-48(37-50)64(10,11)12)41-66(56)49-23-17-24-51(39-49)69-52-28-30-55-54-29-27-43(42-19-14-13-15-20-42)34-57(54)68(58(55)40-52)59-38-46(31-32-65-59)62(4,5)6;/h13-38H,1-12H3;/q;+2. The van der Waals surface area contributed by atoms with Gasteiger partial charge in [-0.05, 0) is 94.8 Å². The molecule has 0 amide bonds. The Bertz CT molecular complexity index is 3510. The molecule has 1 aliphatic rings. The first kappa shape index (κ1) is 48.4. The van der Waals surface area contributed by atoms with Gasteiger partial charge in [0.05, 0.1) is 5.56 Å². The molecule has 10 rings (SSSR count). The average Bonchev–Trinajstić information content (AvgIpc) is 3.87. The van der Waals surface area contributed by atoms with Gasteiger partial charge in [-0.1, -0.05) is 184 Å². The van der Waals surface area contributed by atoms with Gasteiger partial charge in [-0.15, -0.1) is 23.6 Å². The molecule has 0 fully saturated rings. The van der Waals surface area contributed by atoms with Crippen molar-refractivity contribution in [1.29, 1.82) is 0 Å². The van der Waals surface area contributed by atoms with E-state index in [1.807, 2.05) is 24.4 Å². The van der Waals surface area contributed by atoms with Crippen LogP contribution in [0, 0.1) is 12.1 Å². The Morgan fingerprint density at radius 3 is 1.83 bits per heavy atom. The molecule has 0 aliphatic carbocycles. The molecule has 0 radical (unpaired) electrons. The number of pyridine rings is 1. The number of hydrogen-bond acceptors (Lipinski definition) is 2. The third-order valence-electron chi connectivity index (χ3n) is 13.4. The summed E-state index contributed by atoms with van der Waals surface area (Å²) >= 11 is 0. The zero-order valence-electron chi connectivity index (χ0n) is 42.5. The number of benzene rings is 7. The number of hydrogen-bond donors (Lipinski definition) is 0. The molecule has 352 valence electrons. The van der Waals surface area contributed by atoms with Crippen molar-refractivity contribution >= 4 is 50.6 Å². The number of fused-ring (bicyclic) bond motifs is 4. The van der Waals surface area contributed by atoms with Crippen molar-refractivity contribution in [2.45, 2.75) is 105 Å². The molecule has 3 heterocycles. The zero-order chi connectivity index (χ0) is 48.6. The van der Waals surface area contributed by atoms with Gasteiger partial charge in [-0.3, -0.25) is 0 Å². The quantitative estimate of drug-likeness (QED) is 0.118. The Labute approximate surface area is 429 Å². The molecular formula is C64H62N4OPt+2. The van der Waals surface area contributed by atoms with E-state index < -0.39 is 0 Å². The molecule has 2 aromatic heterocycles. The second kappa shape index (κ2) is 18.0. The fourth-order valence-corrected chi connectivity index (χ4v) is 9.30. The Kier molecular flexibility index (Phi) is 12.4. The van der Waals surface area contributed by atoms with Crippen molar-refractivity contribution in [1.82, 2.24) is 18.7 Å². The fraction of sp³-hybridized carbons (Fsp3) is 0.250. The maximum Gasteiger partial charge on any atom is 2.00 e. The van der Waals surface area contributed by atoms with E-state index in [-0.39, 0.29) is 42.7 Å². The summed E-state index contributed by atoms with van der Waals surface area (Å²) in [7, 11) is 0. The number of para-hydroxylation sites is 1. The van der Waals surface area contributed by atoms with E-state index in [4.69, 9.17) is 9.72 Å². The van der Waals surface area contributed by atoms with E-state index in [1.54, 1.807) is 0 Å². The van der Waals surface area contributed by atoms with E-state index in [9.17, 15) is 0 Å². The molecule has 0 saturated heterocycles. The number of aromatic nitrogens is 2. The Balaban J connectivity index is 0.00000608. The van der Waals surface area contributed by atoms with Crippen molar-refractivity contribution < 1.29 is 25.8 Å². The normalized spacial score (nSPS) is 13.0. The second-order valence-corrected chi connectivity index (χ2v) is 22.7. The topological polar surface area (TPSA) is 33.1 Å². The fourth-order valence-electron chi connectivity index (χ4n) is 9.30. The van der Waals surface area contributed by atoms with Crippen molar-refractivity contribution in [3.63, 3.8) is 0 Å². The van der Waals surface area contributed by atoms with Crippen LogP contribution in [0.25, 0.3) is 49.9 Å². The van der Waals surface area contributed by atoms with Crippen LogP contribution >= 0.6 is 0 Å². The van der Waals surface area contributed by atoms with E-state index in [1.165, 1.54) is 22.3 Å². The van der Waals surface area contributed by atoms with Gasteiger partial charge in [0.25, 0.3) is 5.69 Å². The van der Waals surface area contributed by atoms with E-state index >= 15 is 0 Å². The first-order valence-corrected chi connectivity index (χ1v) is 24.2. The smallest absolute Gasteiger partial charge is 0.509 e. The summed E-state index contributed by atoms with van der Waals surface area (Å²) in [5.41, 5.74) is 15.4. The molecule has 0 unspecified atom stereocenters. The van der Waals surface area contributed by atoms with E-state index in [0.29, 0.717) is 11.5 Å². The van der Waals surface area contributed by atoms with Crippen molar-refractivity contribution in [3.8, 4) is 39.6 Å². The Hall–Kier alpha value is -6.64. The first-order valence-electron chi connectivity index (χ1n) is 24.2. The largest absolute Gasteiger partial charge is 2.00 e. The van der Waals surface area contributed by atoms with Crippen LogP contribution in [0.3, 0.4) is 0 Å². The molecule has 0 N–H and O–H groups in total. The third-order valence-corrected chi connectivity index (χ3v) is 13.4. The third kappa shape index (κ3) is 9.26. The molecule has 0 spiro atoms. The summed E-state index contributed by atoms with van der Waals surface area (Å²) in [6.45, 7) is 27.3. The van der Waals surface area contributed by atoms with Gasteiger partial charge >= 0.3 is 32.8 Å². The second-order valence-electron chi connectivity index (χ2n) is 22.7. The summed E-state index contributed by atoms with van der Waals surface area (Å²) in [6, 6.07) is 65.6. The van der Waals surface area contributed by atoms with Crippen LogP contribution in [-0.4, -0.2) is 15.6 Å². The van der Waals surface area contributed by atoms with E-state index in [2.05, 4.69) is 248 Å². The molecule has 7 aromatic carbocycles. The monoisotopic (exact) mass is 1100 g/mol. The predicted molar refractivity (Wildman–Crippen MR) is 289 cm³/mol. The minimum Gasteiger partial charge on any atom is -0.509 e. The minimum absolute atomic E-state index is 0. The van der Waals surface area contributed by atoms with Crippen LogP contribution in [-0.2, 0) is 42.7 Å². The SMILES string of the molecule is CC(C)(C)c1cccc(-c2cccc3c2[N+](c2cc(C(C)(C)C)cc(C(C)(C)C)c2)=C=[N+]3c2[c-]c(Oc3[c-]c4c(cc3)c3ccc(-c5ccccc5)cc3n4-c3cc(C(C)(C)C)ccn3)ccc2)c1.[Pt+2]. The van der Waals surface area contributed by atoms with Crippen molar-refractivity contribution in [3.05, 3.63) is 192 Å². The molecule has 6 heteroatoms. The van der Waals surface area contributed by atoms with Gasteiger partial charge in [0.2, 0.25) is 5.69 Å². The summed E-state index contributed by atoms with van der Waals surface area (Å²) in [5, 5.41) is 2.20. The van der Waals surface area contributed by atoms with Gasteiger partial charge in [0.15, 0.2) is 0 Å². The number of ether oxygens (including phenoxy) is 1.